The zero-order valence-corrected chi connectivity index (χ0v) is 19.3. The Labute approximate surface area is 190 Å². The molecule has 1 fully saturated rings. The van der Waals surface area contributed by atoms with Crippen LogP contribution in [0.4, 0.5) is 5.69 Å². The largest absolute Gasteiger partial charge is 0.497 e. The van der Waals surface area contributed by atoms with Crippen LogP contribution in [0, 0.1) is 5.92 Å². The van der Waals surface area contributed by atoms with Gasteiger partial charge in [0.05, 0.1) is 36.2 Å². The number of sulfonamides is 1. The number of piperidine rings is 1. The van der Waals surface area contributed by atoms with Gasteiger partial charge in [-0.25, -0.2) is 13.2 Å². The third-order valence-electron chi connectivity index (χ3n) is 5.82. The summed E-state index contributed by atoms with van der Waals surface area (Å²) in [5.74, 6) is -0.375. The Morgan fingerprint density at radius 2 is 1.94 bits per heavy atom. The molecule has 11 heteroatoms. The van der Waals surface area contributed by atoms with Gasteiger partial charge in [0.15, 0.2) is 5.58 Å². The number of rotatable bonds is 6. The summed E-state index contributed by atoms with van der Waals surface area (Å²) in [6.45, 7) is 0.336. The fraction of sp³-hybridized carbons (Fsp3) is 0.364. The molecule has 0 saturated carbocycles. The molecule has 2 heterocycles. The van der Waals surface area contributed by atoms with E-state index in [0.29, 0.717) is 42.1 Å². The van der Waals surface area contributed by atoms with Gasteiger partial charge in [0.1, 0.15) is 11.5 Å². The molecule has 0 spiro atoms. The smallest absolute Gasteiger partial charge is 0.419 e. The van der Waals surface area contributed by atoms with E-state index in [2.05, 4.69) is 5.32 Å². The van der Waals surface area contributed by atoms with Crippen molar-refractivity contribution in [2.75, 3.05) is 32.6 Å². The van der Waals surface area contributed by atoms with Crippen LogP contribution >= 0.6 is 0 Å². The van der Waals surface area contributed by atoms with E-state index in [-0.39, 0.29) is 22.9 Å². The van der Waals surface area contributed by atoms with Crippen molar-refractivity contribution in [3.05, 3.63) is 46.9 Å². The highest BCUT2D eigenvalue weighted by molar-refractivity contribution is 7.89. The SMILES string of the molecule is COc1ccc(OC)c(NC(=O)[C@H]2CCCN(S(=O)(=O)c3ccc4c(c3)oc(=O)n4C)C2)c1. The lowest BCUT2D eigenvalue weighted by Gasteiger charge is -2.31. The van der Waals surface area contributed by atoms with Crippen molar-refractivity contribution in [3.63, 3.8) is 0 Å². The topological polar surface area (TPSA) is 120 Å². The Hall–Kier alpha value is -3.31. The fourth-order valence-electron chi connectivity index (χ4n) is 3.94. The third-order valence-corrected chi connectivity index (χ3v) is 7.68. The molecule has 176 valence electrons. The summed E-state index contributed by atoms with van der Waals surface area (Å²) in [7, 11) is 0.688. The van der Waals surface area contributed by atoms with Crippen molar-refractivity contribution in [2.24, 2.45) is 13.0 Å². The minimum atomic E-state index is -3.88. The molecule has 10 nitrogen and oxygen atoms in total. The quantitative estimate of drug-likeness (QED) is 0.580. The number of methoxy groups -OCH3 is 2. The molecule has 1 aliphatic heterocycles. The van der Waals surface area contributed by atoms with Crippen molar-refractivity contribution >= 4 is 32.7 Å². The first-order valence-corrected chi connectivity index (χ1v) is 11.8. The van der Waals surface area contributed by atoms with Crippen LogP contribution in [0.1, 0.15) is 12.8 Å². The Bertz CT molecular complexity index is 1360. The number of oxazole rings is 1. The van der Waals surface area contributed by atoms with E-state index in [0.717, 1.165) is 0 Å². The number of carbonyl (C=O) groups is 1. The number of anilines is 1. The van der Waals surface area contributed by atoms with Gasteiger partial charge in [-0.2, -0.15) is 4.31 Å². The second-order valence-corrected chi connectivity index (χ2v) is 9.75. The van der Waals surface area contributed by atoms with Gasteiger partial charge >= 0.3 is 5.76 Å². The molecule has 1 aromatic heterocycles. The van der Waals surface area contributed by atoms with Crippen LogP contribution in [0.2, 0.25) is 0 Å². The molecule has 1 amide bonds. The second-order valence-electron chi connectivity index (χ2n) is 7.81. The number of benzene rings is 2. The van der Waals surface area contributed by atoms with Gasteiger partial charge in [0.2, 0.25) is 15.9 Å². The van der Waals surface area contributed by atoms with Crippen LogP contribution in [0.3, 0.4) is 0 Å². The summed E-state index contributed by atoms with van der Waals surface area (Å²) in [6, 6.07) is 9.38. The summed E-state index contributed by atoms with van der Waals surface area (Å²) < 4.78 is 44.8. The van der Waals surface area contributed by atoms with E-state index in [1.54, 1.807) is 25.2 Å². The summed E-state index contributed by atoms with van der Waals surface area (Å²) in [5.41, 5.74) is 1.15. The highest BCUT2D eigenvalue weighted by atomic mass is 32.2. The molecule has 4 rings (SSSR count). The van der Waals surface area contributed by atoms with Gasteiger partial charge in [-0.15, -0.1) is 0 Å². The minimum Gasteiger partial charge on any atom is -0.497 e. The molecule has 0 radical (unpaired) electrons. The Morgan fingerprint density at radius 1 is 1.15 bits per heavy atom. The Kier molecular flexibility index (Phi) is 6.17. The number of aryl methyl sites for hydroxylation is 1. The minimum absolute atomic E-state index is 0.0138. The van der Waals surface area contributed by atoms with Gasteiger partial charge in [-0.3, -0.25) is 9.36 Å². The lowest BCUT2D eigenvalue weighted by Crippen LogP contribution is -2.43. The maximum atomic E-state index is 13.3. The number of ether oxygens (including phenoxy) is 2. The normalized spacial score (nSPS) is 17.1. The summed E-state index contributed by atoms with van der Waals surface area (Å²) in [6.07, 6.45) is 1.09. The van der Waals surface area contributed by atoms with Crippen molar-refractivity contribution in [1.29, 1.82) is 0 Å². The van der Waals surface area contributed by atoms with Crippen LogP contribution in [0.5, 0.6) is 11.5 Å². The van der Waals surface area contributed by atoms with Crippen LogP contribution < -0.4 is 20.5 Å². The Morgan fingerprint density at radius 3 is 2.67 bits per heavy atom. The molecular formula is C22H25N3O7S. The van der Waals surface area contributed by atoms with E-state index in [1.165, 1.54) is 41.3 Å². The molecule has 0 aliphatic carbocycles. The third kappa shape index (κ3) is 4.33. The van der Waals surface area contributed by atoms with Gasteiger partial charge < -0.3 is 19.2 Å². The highest BCUT2D eigenvalue weighted by Gasteiger charge is 2.34. The van der Waals surface area contributed by atoms with E-state index < -0.39 is 21.7 Å². The molecule has 0 bridgehead atoms. The van der Waals surface area contributed by atoms with Crippen LogP contribution in [0.15, 0.2) is 50.5 Å². The summed E-state index contributed by atoms with van der Waals surface area (Å²) >= 11 is 0. The first kappa shape index (κ1) is 22.9. The molecule has 1 atom stereocenters. The zero-order chi connectivity index (χ0) is 23.8. The average molecular weight is 476 g/mol. The summed E-state index contributed by atoms with van der Waals surface area (Å²) in [4.78, 5) is 24.7. The first-order valence-electron chi connectivity index (χ1n) is 10.4. The second kappa shape index (κ2) is 8.91. The molecule has 0 unspecified atom stereocenters. The lowest BCUT2D eigenvalue weighted by atomic mass is 9.98. The van der Waals surface area contributed by atoms with Gasteiger partial charge in [-0.1, -0.05) is 0 Å². The molecular weight excluding hydrogens is 450 g/mol. The number of nitrogens with one attached hydrogen (secondary N) is 1. The number of hydrogen-bond donors (Lipinski definition) is 1. The molecule has 2 aromatic carbocycles. The van der Waals surface area contributed by atoms with Crippen molar-refractivity contribution in [2.45, 2.75) is 17.7 Å². The molecule has 33 heavy (non-hydrogen) atoms. The van der Waals surface area contributed by atoms with Crippen LogP contribution in [-0.2, 0) is 21.9 Å². The van der Waals surface area contributed by atoms with Crippen LogP contribution in [-0.4, -0.2) is 50.5 Å². The monoisotopic (exact) mass is 475 g/mol. The highest BCUT2D eigenvalue weighted by Crippen LogP contribution is 2.31. The van der Waals surface area contributed by atoms with Crippen LogP contribution in [0.25, 0.3) is 11.1 Å². The van der Waals surface area contributed by atoms with Crippen molar-refractivity contribution in [3.8, 4) is 11.5 Å². The van der Waals surface area contributed by atoms with Crippen molar-refractivity contribution < 1.29 is 27.1 Å². The van der Waals surface area contributed by atoms with E-state index in [9.17, 15) is 18.0 Å². The zero-order valence-electron chi connectivity index (χ0n) is 18.5. The van der Waals surface area contributed by atoms with E-state index >= 15 is 0 Å². The van der Waals surface area contributed by atoms with E-state index in [1.807, 2.05) is 0 Å². The standard InChI is InChI=1S/C22H25N3O7S/c1-24-18-8-7-16(12-20(18)32-22(24)27)33(28,29)25-10-4-5-14(13-25)21(26)23-17-11-15(30-2)6-9-19(17)31-3/h6-9,11-12,14H,4-5,10,13H2,1-3H3,(H,23,26)/t14-/m0/s1. The Balaban J connectivity index is 1.54. The van der Waals surface area contributed by atoms with Gasteiger partial charge in [-0.05, 0) is 37.1 Å². The molecule has 1 N–H and O–H groups in total. The maximum absolute atomic E-state index is 13.3. The number of fused-ring (bicyclic) bond motifs is 1. The van der Waals surface area contributed by atoms with Crippen molar-refractivity contribution in [1.82, 2.24) is 8.87 Å². The number of nitrogens with zero attached hydrogens (tertiary/aromatic N) is 2. The number of amides is 1. The van der Waals surface area contributed by atoms with Gasteiger partial charge in [0, 0.05) is 32.3 Å². The average Bonchev–Trinajstić information content (AvgIpc) is 3.11. The lowest BCUT2D eigenvalue weighted by molar-refractivity contribution is -0.120. The number of hydrogen-bond acceptors (Lipinski definition) is 7. The van der Waals surface area contributed by atoms with Gasteiger partial charge in [0.25, 0.3) is 0 Å². The maximum Gasteiger partial charge on any atom is 0.419 e. The number of carbonyl (C=O) groups excluding carboxylic acids is 1. The predicted octanol–water partition coefficient (Wildman–Crippen LogP) is 2.19. The molecule has 3 aromatic rings. The number of aromatic nitrogens is 1. The predicted molar refractivity (Wildman–Crippen MR) is 121 cm³/mol. The molecule has 1 saturated heterocycles. The summed E-state index contributed by atoms with van der Waals surface area (Å²) in [5, 5.41) is 2.83. The first-order chi connectivity index (χ1) is 15.7. The van der Waals surface area contributed by atoms with E-state index in [4.69, 9.17) is 13.9 Å². The fourth-order valence-corrected chi connectivity index (χ4v) is 5.48. The molecule has 1 aliphatic rings.